The maximum absolute atomic E-state index is 10.3. The van der Waals surface area contributed by atoms with Crippen LogP contribution in [-0.4, -0.2) is 29.7 Å². The van der Waals surface area contributed by atoms with E-state index >= 15 is 0 Å². The Labute approximate surface area is 90.0 Å². The van der Waals surface area contributed by atoms with Crippen LogP contribution in [0, 0.1) is 0 Å². The van der Waals surface area contributed by atoms with Crippen LogP contribution in [0.4, 0.5) is 0 Å². The van der Waals surface area contributed by atoms with Crippen LogP contribution in [0.1, 0.15) is 13.8 Å². The van der Waals surface area contributed by atoms with E-state index in [2.05, 4.69) is 11.3 Å². The van der Waals surface area contributed by atoms with Gasteiger partial charge in [0.15, 0.2) is 0 Å². The quantitative estimate of drug-likeness (QED) is 0.341. The van der Waals surface area contributed by atoms with E-state index in [9.17, 15) is 4.79 Å². The molecule has 0 fully saturated rings. The summed E-state index contributed by atoms with van der Waals surface area (Å²) in [5.41, 5.74) is 0. The Balaban J connectivity index is 0. The molecule has 4 heteroatoms. The molecule has 14 heavy (non-hydrogen) atoms. The predicted octanol–water partition coefficient (Wildman–Crippen LogP) is 1.90. The number of alkyl halides is 1. The predicted molar refractivity (Wildman–Crippen MR) is 58.4 cm³/mol. The molecular weight excluding hydrogens is 204 g/mol. The second-order valence-electron chi connectivity index (χ2n) is 2.31. The van der Waals surface area contributed by atoms with Gasteiger partial charge in [0, 0.05) is 6.08 Å². The van der Waals surface area contributed by atoms with Crippen molar-refractivity contribution in [3.05, 3.63) is 24.8 Å². The lowest BCUT2D eigenvalue weighted by Gasteiger charge is -2.04. The van der Waals surface area contributed by atoms with Gasteiger partial charge < -0.3 is 9.84 Å². The number of halogens is 1. The highest BCUT2D eigenvalue weighted by Crippen LogP contribution is 1.89. The minimum absolute atomic E-state index is 0.0599. The maximum atomic E-state index is 10.3. The summed E-state index contributed by atoms with van der Waals surface area (Å²) in [5.74, 6) is -0.492. The van der Waals surface area contributed by atoms with Crippen LogP contribution < -0.4 is 0 Å². The highest BCUT2D eigenvalue weighted by Gasteiger charge is 2.03. The van der Waals surface area contributed by atoms with Gasteiger partial charge in [-0.25, -0.2) is 4.79 Å². The molecular formula is C10H17ClO3. The molecule has 0 radical (unpaired) electrons. The van der Waals surface area contributed by atoms with Crippen LogP contribution in [0.3, 0.4) is 0 Å². The van der Waals surface area contributed by atoms with E-state index in [-0.39, 0.29) is 12.5 Å². The molecule has 0 spiro atoms. The Morgan fingerprint density at radius 2 is 2.07 bits per heavy atom. The zero-order valence-corrected chi connectivity index (χ0v) is 9.33. The number of rotatable bonds is 4. The third kappa shape index (κ3) is 13.8. The fourth-order valence-corrected chi connectivity index (χ4v) is 0.371. The van der Waals surface area contributed by atoms with Gasteiger partial charge in [-0.3, -0.25) is 0 Å². The van der Waals surface area contributed by atoms with Crippen LogP contribution in [-0.2, 0) is 9.53 Å². The van der Waals surface area contributed by atoms with Gasteiger partial charge in [-0.15, -0.1) is 11.6 Å². The molecule has 0 saturated carbocycles. The van der Waals surface area contributed by atoms with Crippen LogP contribution >= 0.6 is 11.6 Å². The fraction of sp³-hybridized carbons (Fsp3) is 0.500. The molecule has 1 N–H and O–H groups in total. The lowest BCUT2D eigenvalue weighted by atomic mass is 10.4. The zero-order valence-electron chi connectivity index (χ0n) is 8.57. The monoisotopic (exact) mass is 220 g/mol. The average Bonchev–Trinajstić information content (AvgIpc) is 2.25. The molecule has 0 rings (SSSR count). The van der Waals surface area contributed by atoms with Crippen molar-refractivity contribution < 1.29 is 14.6 Å². The first-order valence-corrected chi connectivity index (χ1v) is 4.76. The normalized spacial score (nSPS) is 11.4. The lowest BCUT2D eigenvalue weighted by molar-refractivity contribution is -0.140. The molecule has 0 amide bonds. The first-order chi connectivity index (χ1) is 6.62. The van der Waals surface area contributed by atoms with Gasteiger partial charge in [-0.2, -0.15) is 0 Å². The molecule has 1 unspecified atom stereocenters. The van der Waals surface area contributed by atoms with Crippen molar-refractivity contribution in [1.82, 2.24) is 0 Å². The van der Waals surface area contributed by atoms with Crippen molar-refractivity contribution in [2.75, 3.05) is 12.5 Å². The SMILES string of the molecule is C=CC(=O)OCC(O)CCl.CC=CC. The highest BCUT2D eigenvalue weighted by atomic mass is 35.5. The molecule has 0 saturated heterocycles. The maximum Gasteiger partial charge on any atom is 0.330 e. The molecule has 0 heterocycles. The van der Waals surface area contributed by atoms with Crippen molar-refractivity contribution in [2.24, 2.45) is 0 Å². The average molecular weight is 221 g/mol. The third-order valence-electron chi connectivity index (χ3n) is 1.10. The number of ether oxygens (including phenoxy) is 1. The number of hydrogen-bond donors (Lipinski definition) is 1. The van der Waals surface area contributed by atoms with Gasteiger partial charge in [0.2, 0.25) is 0 Å². The summed E-state index contributed by atoms with van der Waals surface area (Å²) in [6, 6.07) is 0. The van der Waals surface area contributed by atoms with E-state index in [1.54, 1.807) is 0 Å². The summed E-state index contributed by atoms with van der Waals surface area (Å²) >= 11 is 5.21. The number of carbonyl (C=O) groups is 1. The van der Waals surface area contributed by atoms with Crippen molar-refractivity contribution >= 4 is 17.6 Å². The van der Waals surface area contributed by atoms with Crippen LogP contribution in [0.2, 0.25) is 0 Å². The third-order valence-corrected chi connectivity index (χ3v) is 1.45. The van der Waals surface area contributed by atoms with E-state index in [1.165, 1.54) is 0 Å². The van der Waals surface area contributed by atoms with Crippen LogP contribution in [0.25, 0.3) is 0 Å². The van der Waals surface area contributed by atoms with Crippen molar-refractivity contribution in [3.8, 4) is 0 Å². The van der Waals surface area contributed by atoms with Crippen LogP contribution in [0.5, 0.6) is 0 Å². The summed E-state index contributed by atoms with van der Waals surface area (Å²) in [4.78, 5) is 10.3. The van der Waals surface area contributed by atoms with Gasteiger partial charge >= 0.3 is 5.97 Å². The summed E-state index contributed by atoms with van der Waals surface area (Å²) in [6.07, 6.45) is 4.24. The van der Waals surface area contributed by atoms with Crippen molar-refractivity contribution in [2.45, 2.75) is 20.0 Å². The van der Waals surface area contributed by atoms with Gasteiger partial charge in [-0.05, 0) is 13.8 Å². The number of aliphatic hydroxyl groups is 1. The smallest absolute Gasteiger partial charge is 0.330 e. The molecule has 3 nitrogen and oxygen atoms in total. The zero-order chi connectivity index (χ0) is 11.4. The Hall–Kier alpha value is -0.800. The first-order valence-electron chi connectivity index (χ1n) is 4.22. The van der Waals surface area contributed by atoms with Gasteiger partial charge in [0.05, 0.1) is 5.88 Å². The van der Waals surface area contributed by atoms with Crippen molar-refractivity contribution in [3.63, 3.8) is 0 Å². The lowest BCUT2D eigenvalue weighted by Crippen LogP contribution is -2.18. The number of hydrogen-bond acceptors (Lipinski definition) is 3. The highest BCUT2D eigenvalue weighted by molar-refractivity contribution is 6.18. The van der Waals surface area contributed by atoms with Gasteiger partial charge in [0.1, 0.15) is 12.7 Å². The molecule has 0 aromatic rings. The molecule has 0 aromatic carbocycles. The standard InChI is InChI=1S/C6H9ClO3.C4H8/c1-2-6(9)10-4-5(8)3-7;1-3-4-2/h2,5,8H,1,3-4H2;3-4H,1-2H3. The Morgan fingerprint density at radius 3 is 2.36 bits per heavy atom. The van der Waals surface area contributed by atoms with E-state index in [4.69, 9.17) is 16.7 Å². The fourth-order valence-electron chi connectivity index (χ4n) is 0.282. The first kappa shape index (κ1) is 15.7. The molecule has 0 aromatic heterocycles. The summed E-state index contributed by atoms with van der Waals surface area (Å²) in [7, 11) is 0. The Morgan fingerprint density at radius 1 is 1.57 bits per heavy atom. The summed E-state index contributed by atoms with van der Waals surface area (Å²) < 4.78 is 4.45. The minimum Gasteiger partial charge on any atom is -0.460 e. The largest absolute Gasteiger partial charge is 0.460 e. The molecule has 0 aliphatic heterocycles. The summed E-state index contributed by atoms with van der Waals surface area (Å²) in [6.45, 7) is 7.10. The van der Waals surface area contributed by atoms with E-state index in [0.717, 1.165) is 6.08 Å². The van der Waals surface area contributed by atoms with Crippen LogP contribution in [0.15, 0.2) is 24.8 Å². The van der Waals surface area contributed by atoms with E-state index in [1.807, 2.05) is 26.0 Å². The number of aliphatic hydroxyl groups excluding tert-OH is 1. The van der Waals surface area contributed by atoms with Gasteiger partial charge in [-0.1, -0.05) is 18.7 Å². The van der Waals surface area contributed by atoms with Crippen molar-refractivity contribution in [1.29, 1.82) is 0 Å². The summed E-state index contributed by atoms with van der Waals surface area (Å²) in [5, 5.41) is 8.76. The molecule has 1 atom stereocenters. The van der Waals surface area contributed by atoms with E-state index in [0.29, 0.717) is 0 Å². The number of carbonyl (C=O) groups excluding carboxylic acids is 1. The van der Waals surface area contributed by atoms with E-state index < -0.39 is 12.1 Å². The Bertz CT molecular complexity index is 174. The topological polar surface area (TPSA) is 46.5 Å². The minimum atomic E-state index is -0.787. The second kappa shape index (κ2) is 12.2. The number of esters is 1. The molecule has 0 bridgehead atoms. The Kier molecular flexibility index (Phi) is 13.6. The molecule has 0 aliphatic carbocycles. The molecule has 82 valence electrons. The number of allylic oxidation sites excluding steroid dienone is 2. The molecule has 0 aliphatic rings. The second-order valence-corrected chi connectivity index (χ2v) is 2.62. The van der Waals surface area contributed by atoms with Gasteiger partial charge in [0.25, 0.3) is 0 Å².